The van der Waals surface area contributed by atoms with Crippen LogP contribution in [0, 0.1) is 6.92 Å². The first-order valence-corrected chi connectivity index (χ1v) is 11.5. The number of aromatic nitrogens is 2. The highest BCUT2D eigenvalue weighted by molar-refractivity contribution is 7.20. The van der Waals surface area contributed by atoms with Gasteiger partial charge in [-0.05, 0) is 48.4 Å². The van der Waals surface area contributed by atoms with Gasteiger partial charge >= 0.3 is 0 Å². The van der Waals surface area contributed by atoms with Crippen LogP contribution < -0.4 is 5.32 Å². The first-order valence-electron chi connectivity index (χ1n) is 10.3. The van der Waals surface area contributed by atoms with Crippen LogP contribution in [0.1, 0.15) is 32.5 Å². The number of hydrogen-bond acceptors (Lipinski definition) is 3. The predicted octanol–water partition coefficient (Wildman–Crippen LogP) is 6.57. The molecule has 0 radical (unpaired) electrons. The Balaban J connectivity index is 1.50. The molecule has 32 heavy (non-hydrogen) atoms. The molecule has 0 aliphatic rings. The molecular weight excluding hydrogens is 438 g/mol. The second kappa shape index (κ2) is 8.61. The quantitative estimate of drug-likeness (QED) is 0.324. The number of amides is 1. The monoisotopic (exact) mass is 457 g/mol. The van der Waals surface area contributed by atoms with E-state index in [0.29, 0.717) is 9.90 Å². The number of aryl methyl sites for hydroxylation is 1. The summed E-state index contributed by atoms with van der Waals surface area (Å²) in [5.74, 6) is -0.106. The van der Waals surface area contributed by atoms with Crippen molar-refractivity contribution in [3.05, 3.63) is 118 Å². The maximum Gasteiger partial charge on any atom is 0.262 e. The van der Waals surface area contributed by atoms with Gasteiger partial charge in [-0.3, -0.25) is 4.79 Å². The molecule has 0 unspecified atom stereocenters. The first-order chi connectivity index (χ1) is 15.6. The van der Waals surface area contributed by atoms with Gasteiger partial charge in [-0.15, -0.1) is 11.3 Å². The normalized spacial score (nSPS) is 11.2. The van der Waals surface area contributed by atoms with E-state index in [1.54, 1.807) is 0 Å². The van der Waals surface area contributed by atoms with Crippen molar-refractivity contribution in [2.45, 2.75) is 13.0 Å². The summed E-state index contributed by atoms with van der Waals surface area (Å²) in [4.78, 5) is 14.9. The Kier molecular flexibility index (Phi) is 5.52. The lowest BCUT2D eigenvalue weighted by Gasteiger charge is -2.19. The number of benzene rings is 3. The Hall–Kier alpha value is -3.41. The number of nitrogens with zero attached hydrogens (tertiary/aromatic N) is 2. The third kappa shape index (κ3) is 3.93. The van der Waals surface area contributed by atoms with E-state index in [1.165, 1.54) is 11.3 Å². The van der Waals surface area contributed by atoms with E-state index in [4.69, 9.17) is 11.6 Å². The SMILES string of the molecule is Cc1nn(-c2ccc(Cl)cc2)c2sc(C(=O)NC(c3ccccc3)c3ccccc3)cc12. The maximum absolute atomic E-state index is 13.3. The molecule has 1 amide bonds. The van der Waals surface area contributed by atoms with Gasteiger partial charge in [-0.2, -0.15) is 5.10 Å². The van der Waals surface area contributed by atoms with E-state index in [0.717, 1.165) is 32.7 Å². The number of rotatable bonds is 5. The molecule has 3 aromatic carbocycles. The smallest absolute Gasteiger partial charge is 0.262 e. The standard InChI is InChI=1S/C26H20ClN3OS/c1-17-22-16-23(32-26(22)30(29-17)21-14-12-20(27)13-15-21)25(31)28-24(18-8-4-2-5-9-18)19-10-6-3-7-11-19/h2-16,24H,1H3,(H,28,31). The zero-order chi connectivity index (χ0) is 22.1. The summed E-state index contributed by atoms with van der Waals surface area (Å²) in [6, 6.07) is 29.3. The Labute approximate surface area is 195 Å². The molecule has 0 aliphatic carbocycles. The van der Waals surface area contributed by atoms with Crippen LogP contribution in [0.4, 0.5) is 0 Å². The third-order valence-corrected chi connectivity index (χ3v) is 6.74. The van der Waals surface area contributed by atoms with E-state index in [-0.39, 0.29) is 11.9 Å². The van der Waals surface area contributed by atoms with E-state index >= 15 is 0 Å². The molecule has 0 fully saturated rings. The Morgan fingerprint density at radius 2 is 1.53 bits per heavy atom. The van der Waals surface area contributed by atoms with Crippen molar-refractivity contribution in [3.8, 4) is 5.69 Å². The molecule has 6 heteroatoms. The van der Waals surface area contributed by atoms with Gasteiger partial charge in [0.2, 0.25) is 0 Å². The van der Waals surface area contributed by atoms with E-state index in [1.807, 2.05) is 103 Å². The summed E-state index contributed by atoms with van der Waals surface area (Å²) < 4.78 is 1.87. The highest BCUT2D eigenvalue weighted by atomic mass is 35.5. The molecule has 2 heterocycles. The van der Waals surface area contributed by atoms with Crippen LogP contribution >= 0.6 is 22.9 Å². The second-order valence-electron chi connectivity index (χ2n) is 7.53. The largest absolute Gasteiger partial charge is 0.340 e. The first kappa shape index (κ1) is 20.5. The van der Waals surface area contributed by atoms with Crippen molar-refractivity contribution in [2.75, 3.05) is 0 Å². The predicted molar refractivity (Wildman–Crippen MR) is 131 cm³/mol. The highest BCUT2D eigenvalue weighted by Crippen LogP contribution is 2.31. The summed E-state index contributed by atoms with van der Waals surface area (Å²) in [5, 5.41) is 9.54. The Morgan fingerprint density at radius 1 is 0.938 bits per heavy atom. The summed E-state index contributed by atoms with van der Waals surface area (Å²) in [6.07, 6.45) is 0. The van der Waals surface area contributed by atoms with Crippen LogP contribution in [0.15, 0.2) is 91.0 Å². The van der Waals surface area contributed by atoms with Crippen molar-refractivity contribution < 1.29 is 4.79 Å². The van der Waals surface area contributed by atoms with Crippen molar-refractivity contribution in [2.24, 2.45) is 0 Å². The molecule has 0 saturated heterocycles. The van der Waals surface area contributed by atoms with Crippen molar-refractivity contribution >= 4 is 39.1 Å². The molecule has 0 spiro atoms. The number of carbonyl (C=O) groups is 1. The van der Waals surface area contributed by atoms with Gasteiger partial charge in [0.05, 0.1) is 22.3 Å². The second-order valence-corrected chi connectivity index (χ2v) is 9.00. The molecule has 0 aliphatic heterocycles. The average molecular weight is 458 g/mol. The topological polar surface area (TPSA) is 46.9 Å². The van der Waals surface area contributed by atoms with Crippen molar-refractivity contribution in [1.29, 1.82) is 0 Å². The maximum atomic E-state index is 13.3. The van der Waals surface area contributed by atoms with Gasteiger partial charge in [0, 0.05) is 10.4 Å². The Bertz CT molecular complexity index is 1340. The van der Waals surface area contributed by atoms with Gasteiger partial charge in [0.15, 0.2) is 0 Å². The number of hydrogen-bond donors (Lipinski definition) is 1. The molecule has 0 atom stereocenters. The molecule has 2 aromatic heterocycles. The minimum atomic E-state index is -0.232. The number of carbonyl (C=O) groups excluding carboxylic acids is 1. The van der Waals surface area contributed by atoms with Crippen LogP contribution in [0.5, 0.6) is 0 Å². The minimum absolute atomic E-state index is 0.106. The zero-order valence-corrected chi connectivity index (χ0v) is 18.9. The lowest BCUT2D eigenvalue weighted by Crippen LogP contribution is -2.28. The summed E-state index contributed by atoms with van der Waals surface area (Å²) in [7, 11) is 0. The summed E-state index contributed by atoms with van der Waals surface area (Å²) in [6.45, 7) is 1.96. The lowest BCUT2D eigenvalue weighted by atomic mass is 9.98. The fourth-order valence-electron chi connectivity index (χ4n) is 3.77. The summed E-state index contributed by atoms with van der Waals surface area (Å²) in [5.41, 5.74) is 3.87. The molecule has 1 N–H and O–H groups in total. The lowest BCUT2D eigenvalue weighted by molar-refractivity contribution is 0.0947. The average Bonchev–Trinajstić information content (AvgIpc) is 3.40. The van der Waals surface area contributed by atoms with Crippen LogP contribution in [0.2, 0.25) is 5.02 Å². The molecule has 158 valence electrons. The highest BCUT2D eigenvalue weighted by Gasteiger charge is 2.21. The molecular formula is C26H20ClN3OS. The van der Waals surface area contributed by atoms with Gasteiger partial charge in [-0.25, -0.2) is 4.68 Å². The number of thiophene rings is 1. The number of fused-ring (bicyclic) bond motifs is 1. The Morgan fingerprint density at radius 3 is 2.12 bits per heavy atom. The molecule has 0 bridgehead atoms. The van der Waals surface area contributed by atoms with E-state index < -0.39 is 0 Å². The van der Waals surface area contributed by atoms with Gasteiger partial charge in [-0.1, -0.05) is 72.3 Å². The fourth-order valence-corrected chi connectivity index (χ4v) is 4.98. The number of nitrogens with one attached hydrogen (secondary N) is 1. The van der Waals surface area contributed by atoms with Crippen molar-refractivity contribution in [1.82, 2.24) is 15.1 Å². The van der Waals surface area contributed by atoms with Crippen LogP contribution in [-0.4, -0.2) is 15.7 Å². The van der Waals surface area contributed by atoms with Gasteiger partial charge in [0.1, 0.15) is 4.83 Å². The van der Waals surface area contributed by atoms with Crippen LogP contribution in [0.3, 0.4) is 0 Å². The van der Waals surface area contributed by atoms with Gasteiger partial charge in [0.25, 0.3) is 5.91 Å². The fraction of sp³-hybridized carbons (Fsp3) is 0.0769. The van der Waals surface area contributed by atoms with Crippen molar-refractivity contribution in [3.63, 3.8) is 0 Å². The van der Waals surface area contributed by atoms with E-state index in [9.17, 15) is 4.79 Å². The molecule has 0 saturated carbocycles. The molecule has 5 aromatic rings. The van der Waals surface area contributed by atoms with Crippen LogP contribution in [-0.2, 0) is 0 Å². The molecule has 4 nitrogen and oxygen atoms in total. The minimum Gasteiger partial charge on any atom is -0.340 e. The van der Waals surface area contributed by atoms with E-state index in [2.05, 4.69) is 10.4 Å². The van der Waals surface area contributed by atoms with Gasteiger partial charge < -0.3 is 5.32 Å². The summed E-state index contributed by atoms with van der Waals surface area (Å²) >= 11 is 7.48. The third-order valence-electron chi connectivity index (χ3n) is 5.38. The zero-order valence-electron chi connectivity index (χ0n) is 17.3. The molecule has 5 rings (SSSR count). The van der Waals surface area contributed by atoms with Crippen LogP contribution in [0.25, 0.3) is 15.9 Å². The number of halogens is 1.